The van der Waals surface area contributed by atoms with E-state index in [1.165, 1.54) is 24.3 Å². The van der Waals surface area contributed by atoms with Crippen LogP contribution in [0.4, 0.5) is 11.4 Å². The van der Waals surface area contributed by atoms with E-state index < -0.39 is 32.5 Å². The molecule has 0 bridgehead atoms. The average molecular weight is 399 g/mol. The highest BCUT2D eigenvalue weighted by Gasteiger charge is 2.23. The lowest BCUT2D eigenvalue weighted by Gasteiger charge is -2.19. The number of amides is 1. The summed E-state index contributed by atoms with van der Waals surface area (Å²) in [6, 6.07) is 6.09. The molecule has 0 saturated carbocycles. The molecule has 1 rings (SSSR count). The lowest BCUT2D eigenvalue weighted by molar-refractivity contribution is -0.384. The summed E-state index contributed by atoms with van der Waals surface area (Å²) < 4.78 is 23.0. The minimum atomic E-state index is -3.48. The van der Waals surface area contributed by atoms with Gasteiger partial charge in [-0.15, -0.1) is 0 Å². The van der Waals surface area contributed by atoms with Crippen molar-refractivity contribution >= 4 is 44.4 Å². The number of rotatable bonds is 8. The van der Waals surface area contributed by atoms with Crippen molar-refractivity contribution < 1.29 is 18.1 Å². The molecule has 1 atom stereocenters. The largest absolute Gasteiger partial charge is 0.353 e. The number of hydrogen-bond acceptors (Lipinski definition) is 7. The molecule has 0 radical (unpaired) electrons. The van der Waals surface area contributed by atoms with Crippen molar-refractivity contribution in [2.24, 2.45) is 0 Å². The fourth-order valence-corrected chi connectivity index (χ4v) is 2.94. The van der Waals surface area contributed by atoms with E-state index >= 15 is 0 Å². The molecule has 0 aliphatic heterocycles. The zero-order valence-electron chi connectivity index (χ0n) is 13.8. The number of hydrogen-bond donors (Lipinski definition) is 3. The summed E-state index contributed by atoms with van der Waals surface area (Å²) >= 11 is 5.06. The fourth-order valence-electron chi connectivity index (χ4n) is 1.84. The highest BCUT2D eigenvalue weighted by molar-refractivity contribution is 7.90. The first-order valence-corrected chi connectivity index (χ1v) is 9.73. The first-order chi connectivity index (χ1) is 12.1. The number of nitrogens with zero attached hydrogens (tertiary/aromatic N) is 2. The second-order valence-electron chi connectivity index (χ2n) is 5.25. The van der Waals surface area contributed by atoms with Gasteiger partial charge < -0.3 is 16.0 Å². The van der Waals surface area contributed by atoms with Crippen molar-refractivity contribution in [1.29, 1.82) is 5.26 Å². The number of benzene rings is 1. The van der Waals surface area contributed by atoms with E-state index in [2.05, 4.69) is 16.0 Å². The Bertz CT molecular complexity index is 817. The van der Waals surface area contributed by atoms with Crippen LogP contribution in [0.2, 0.25) is 0 Å². The number of nitro benzene ring substituents is 1. The highest BCUT2D eigenvalue weighted by atomic mass is 32.2. The van der Waals surface area contributed by atoms with Crippen LogP contribution in [0.3, 0.4) is 0 Å². The normalized spacial score (nSPS) is 11.7. The lowest BCUT2D eigenvalue weighted by atomic mass is 10.3. The number of non-ortho nitro benzene ring substituents is 1. The van der Waals surface area contributed by atoms with Gasteiger partial charge in [-0.2, -0.15) is 5.26 Å². The lowest BCUT2D eigenvalue weighted by Crippen LogP contribution is -2.51. The number of nitrogens with one attached hydrogen (secondary N) is 3. The third kappa shape index (κ3) is 7.86. The van der Waals surface area contributed by atoms with Crippen LogP contribution in [0.25, 0.3) is 0 Å². The van der Waals surface area contributed by atoms with Crippen LogP contribution in [0.1, 0.15) is 6.42 Å². The summed E-state index contributed by atoms with van der Waals surface area (Å²) in [5, 5.41) is 26.8. The Morgan fingerprint density at radius 2 is 2.00 bits per heavy atom. The summed E-state index contributed by atoms with van der Waals surface area (Å²) in [4.78, 5) is 22.2. The molecule has 0 aliphatic carbocycles. The molecular formula is C14H17N5O5S2. The van der Waals surface area contributed by atoms with Gasteiger partial charge in [0.05, 0.1) is 23.2 Å². The number of anilines is 1. The summed E-state index contributed by atoms with van der Waals surface area (Å²) in [7, 11) is -3.48. The summed E-state index contributed by atoms with van der Waals surface area (Å²) in [6.45, 7) is 0.0832. The van der Waals surface area contributed by atoms with E-state index in [-0.39, 0.29) is 23.8 Å². The Morgan fingerprint density at radius 3 is 2.50 bits per heavy atom. The molecule has 26 heavy (non-hydrogen) atoms. The van der Waals surface area contributed by atoms with Crippen molar-refractivity contribution in [3.63, 3.8) is 0 Å². The van der Waals surface area contributed by atoms with Crippen molar-refractivity contribution in [1.82, 2.24) is 10.6 Å². The van der Waals surface area contributed by atoms with E-state index in [9.17, 15) is 23.3 Å². The number of carbonyl (C=O) groups excluding carboxylic acids is 1. The zero-order chi connectivity index (χ0) is 19.7. The maximum Gasteiger partial charge on any atom is 0.269 e. The molecule has 1 unspecified atom stereocenters. The monoisotopic (exact) mass is 399 g/mol. The smallest absolute Gasteiger partial charge is 0.269 e. The Hall–Kier alpha value is -2.78. The molecule has 12 heteroatoms. The maximum atomic E-state index is 12.1. The molecule has 1 aromatic rings. The Balaban J connectivity index is 2.75. The van der Waals surface area contributed by atoms with E-state index in [0.717, 1.165) is 6.26 Å². The minimum Gasteiger partial charge on any atom is -0.353 e. The number of nitriles is 1. The predicted octanol–water partition coefficient (Wildman–Crippen LogP) is 0.324. The summed E-state index contributed by atoms with van der Waals surface area (Å²) in [5.74, 6) is -1.11. The summed E-state index contributed by atoms with van der Waals surface area (Å²) in [6.07, 6.45) is 1.07. The third-order valence-electron chi connectivity index (χ3n) is 2.96. The van der Waals surface area contributed by atoms with Crippen molar-refractivity contribution in [2.75, 3.05) is 23.9 Å². The van der Waals surface area contributed by atoms with Gasteiger partial charge in [0.15, 0.2) is 5.11 Å². The molecule has 0 heterocycles. The van der Waals surface area contributed by atoms with Crippen LogP contribution in [0, 0.1) is 21.4 Å². The molecule has 0 fully saturated rings. The number of carbonyl (C=O) groups is 1. The molecule has 3 N–H and O–H groups in total. The third-order valence-corrected chi connectivity index (χ3v) is 4.12. The Kier molecular flexibility index (Phi) is 7.88. The van der Waals surface area contributed by atoms with Gasteiger partial charge >= 0.3 is 0 Å². The average Bonchev–Trinajstić information content (AvgIpc) is 2.53. The topological polar surface area (TPSA) is 154 Å². The second-order valence-corrected chi connectivity index (χ2v) is 7.84. The molecular weight excluding hydrogens is 382 g/mol. The second kappa shape index (κ2) is 9.64. The van der Waals surface area contributed by atoms with Gasteiger partial charge in [0.25, 0.3) is 5.69 Å². The van der Waals surface area contributed by atoms with E-state index in [4.69, 9.17) is 17.5 Å². The van der Waals surface area contributed by atoms with E-state index in [1.807, 2.05) is 6.07 Å². The van der Waals surface area contributed by atoms with Gasteiger partial charge in [-0.25, -0.2) is 8.42 Å². The first-order valence-electron chi connectivity index (χ1n) is 7.26. The van der Waals surface area contributed by atoms with Crippen LogP contribution < -0.4 is 16.0 Å². The van der Waals surface area contributed by atoms with Crippen LogP contribution in [-0.4, -0.2) is 49.0 Å². The molecule has 1 aromatic carbocycles. The molecule has 0 aliphatic rings. The molecule has 0 aromatic heterocycles. The number of thiocarbonyl (C=S) groups is 1. The van der Waals surface area contributed by atoms with Gasteiger partial charge in [0.1, 0.15) is 15.9 Å². The molecule has 140 valence electrons. The van der Waals surface area contributed by atoms with E-state index in [1.54, 1.807) is 0 Å². The quantitative estimate of drug-likeness (QED) is 0.243. The number of sulfone groups is 1. The van der Waals surface area contributed by atoms with Crippen molar-refractivity contribution in [3.8, 4) is 6.07 Å². The van der Waals surface area contributed by atoms with Crippen LogP contribution in [-0.2, 0) is 14.6 Å². The number of nitro groups is 1. The molecule has 10 nitrogen and oxygen atoms in total. The molecule has 0 spiro atoms. The molecule has 1 amide bonds. The Morgan fingerprint density at radius 1 is 1.38 bits per heavy atom. The van der Waals surface area contributed by atoms with Crippen LogP contribution in [0.15, 0.2) is 24.3 Å². The zero-order valence-corrected chi connectivity index (χ0v) is 15.4. The van der Waals surface area contributed by atoms with Gasteiger partial charge in [0.2, 0.25) is 5.91 Å². The van der Waals surface area contributed by atoms with Crippen molar-refractivity contribution in [2.45, 2.75) is 12.5 Å². The predicted molar refractivity (Wildman–Crippen MR) is 99.2 cm³/mol. The van der Waals surface area contributed by atoms with Crippen molar-refractivity contribution in [3.05, 3.63) is 34.4 Å². The Labute approximate surface area is 155 Å². The van der Waals surface area contributed by atoms with Gasteiger partial charge in [-0.05, 0) is 24.4 Å². The minimum absolute atomic E-state index is 0.0251. The van der Waals surface area contributed by atoms with E-state index in [0.29, 0.717) is 5.69 Å². The van der Waals surface area contributed by atoms with Gasteiger partial charge in [-0.3, -0.25) is 14.9 Å². The maximum absolute atomic E-state index is 12.1. The van der Waals surface area contributed by atoms with Gasteiger partial charge in [-0.1, -0.05) is 0 Å². The molecule has 0 saturated heterocycles. The fraction of sp³-hybridized carbons (Fsp3) is 0.357. The summed E-state index contributed by atoms with van der Waals surface area (Å²) in [5.41, 5.74) is 0.331. The van der Waals surface area contributed by atoms with Crippen LogP contribution >= 0.6 is 12.2 Å². The van der Waals surface area contributed by atoms with Gasteiger partial charge in [0, 0.05) is 30.6 Å². The standard InChI is InChI=1S/C14H17N5O5S2/c1-26(23,24)9-12(13(20)16-8-2-7-15)18-14(25)17-10-3-5-11(6-4-10)19(21)22/h3-6,12H,2,8-9H2,1H3,(H,16,20)(H2,17,18,25). The van der Waals surface area contributed by atoms with Crippen LogP contribution in [0.5, 0.6) is 0 Å². The SMILES string of the molecule is CS(=O)(=O)CC(NC(=S)Nc1ccc([N+](=O)[O-])cc1)C(=O)NCCC#N. The highest BCUT2D eigenvalue weighted by Crippen LogP contribution is 2.15. The first kappa shape index (κ1) is 21.3.